The van der Waals surface area contributed by atoms with Crippen LogP contribution in [0, 0.1) is 12.8 Å². The summed E-state index contributed by atoms with van der Waals surface area (Å²) in [6, 6.07) is 8.77. The van der Waals surface area contributed by atoms with E-state index < -0.39 is 0 Å². The van der Waals surface area contributed by atoms with Crippen molar-refractivity contribution in [2.75, 3.05) is 13.1 Å². The molecule has 4 nitrogen and oxygen atoms in total. The zero-order valence-corrected chi connectivity index (χ0v) is 13.5. The molecule has 0 spiro atoms. The van der Waals surface area contributed by atoms with Crippen LogP contribution in [0.1, 0.15) is 36.7 Å². The molecule has 1 aromatic carbocycles. The number of benzene rings is 1. The van der Waals surface area contributed by atoms with Crippen LogP contribution in [0.4, 0.5) is 0 Å². The van der Waals surface area contributed by atoms with E-state index in [1.54, 1.807) is 6.33 Å². The van der Waals surface area contributed by atoms with E-state index >= 15 is 0 Å². The molecular weight excluding hydrogens is 260 g/mol. The van der Waals surface area contributed by atoms with Gasteiger partial charge in [0.25, 0.3) is 0 Å². The average Bonchev–Trinajstić information content (AvgIpc) is 2.83. The molecule has 0 fully saturated rings. The van der Waals surface area contributed by atoms with Crippen LogP contribution in [0.25, 0.3) is 0 Å². The standard InChI is InChI=1S/C17H26N4/c1-13(2)10-18-11-16(9-17-19-12-20-21(17)4)15-7-5-6-14(3)8-15/h5-8,12-13,16,18H,9-11H2,1-4H3. The largest absolute Gasteiger partial charge is 0.316 e. The number of hydrogen-bond donors (Lipinski definition) is 1. The van der Waals surface area contributed by atoms with Crippen molar-refractivity contribution in [3.8, 4) is 0 Å². The zero-order chi connectivity index (χ0) is 15.2. The summed E-state index contributed by atoms with van der Waals surface area (Å²) in [5.74, 6) is 2.12. The van der Waals surface area contributed by atoms with Gasteiger partial charge in [0, 0.05) is 25.9 Å². The Morgan fingerprint density at radius 1 is 1.24 bits per heavy atom. The molecule has 114 valence electrons. The van der Waals surface area contributed by atoms with Gasteiger partial charge in [-0.05, 0) is 24.9 Å². The number of aryl methyl sites for hydroxylation is 2. The summed E-state index contributed by atoms with van der Waals surface area (Å²) < 4.78 is 1.87. The number of nitrogens with zero attached hydrogens (tertiary/aromatic N) is 3. The molecule has 1 heterocycles. The number of aromatic nitrogens is 3. The Bertz CT molecular complexity index is 559. The highest BCUT2D eigenvalue weighted by atomic mass is 15.3. The van der Waals surface area contributed by atoms with Crippen LogP contribution in [-0.2, 0) is 13.5 Å². The van der Waals surface area contributed by atoms with E-state index in [9.17, 15) is 0 Å². The van der Waals surface area contributed by atoms with Crippen LogP contribution in [0.15, 0.2) is 30.6 Å². The summed E-state index contributed by atoms with van der Waals surface area (Å²) in [5.41, 5.74) is 2.67. The predicted octanol–water partition coefficient (Wildman–Crippen LogP) is 2.70. The van der Waals surface area contributed by atoms with E-state index in [1.807, 2.05) is 11.7 Å². The molecule has 1 N–H and O–H groups in total. The summed E-state index contributed by atoms with van der Waals surface area (Å²) in [6.07, 6.45) is 2.54. The first-order valence-electron chi connectivity index (χ1n) is 7.66. The van der Waals surface area contributed by atoms with Crippen molar-refractivity contribution in [3.63, 3.8) is 0 Å². The third-order valence-electron chi connectivity index (χ3n) is 3.69. The summed E-state index contributed by atoms with van der Waals surface area (Å²) >= 11 is 0. The quantitative estimate of drug-likeness (QED) is 0.851. The Labute approximate surface area is 127 Å². The Balaban J connectivity index is 2.12. The summed E-state index contributed by atoms with van der Waals surface area (Å²) in [5, 5.41) is 7.75. The van der Waals surface area contributed by atoms with Gasteiger partial charge in [-0.3, -0.25) is 4.68 Å². The Kier molecular flexibility index (Phi) is 5.51. The highest BCUT2D eigenvalue weighted by molar-refractivity contribution is 5.26. The minimum absolute atomic E-state index is 0.423. The summed E-state index contributed by atoms with van der Waals surface area (Å²) in [4.78, 5) is 4.37. The van der Waals surface area contributed by atoms with Gasteiger partial charge < -0.3 is 5.32 Å². The lowest BCUT2D eigenvalue weighted by atomic mass is 9.94. The Morgan fingerprint density at radius 3 is 2.67 bits per heavy atom. The fourth-order valence-corrected chi connectivity index (χ4v) is 2.50. The molecule has 4 heteroatoms. The SMILES string of the molecule is Cc1cccc(C(CNCC(C)C)Cc2ncnn2C)c1. The lowest BCUT2D eigenvalue weighted by Gasteiger charge is -2.19. The Morgan fingerprint density at radius 2 is 2.05 bits per heavy atom. The van der Waals surface area contributed by atoms with Crippen LogP contribution in [-0.4, -0.2) is 27.9 Å². The highest BCUT2D eigenvalue weighted by Crippen LogP contribution is 2.20. The van der Waals surface area contributed by atoms with Gasteiger partial charge in [0.2, 0.25) is 0 Å². The molecule has 1 aromatic heterocycles. The molecule has 0 bridgehead atoms. The monoisotopic (exact) mass is 286 g/mol. The maximum absolute atomic E-state index is 4.37. The maximum Gasteiger partial charge on any atom is 0.138 e. The molecule has 2 rings (SSSR count). The van der Waals surface area contributed by atoms with Gasteiger partial charge in [-0.1, -0.05) is 43.7 Å². The first-order valence-corrected chi connectivity index (χ1v) is 7.66. The molecule has 0 aliphatic carbocycles. The molecular formula is C17H26N4. The molecule has 0 aliphatic rings. The zero-order valence-electron chi connectivity index (χ0n) is 13.5. The lowest BCUT2D eigenvalue weighted by Crippen LogP contribution is -2.27. The maximum atomic E-state index is 4.37. The minimum atomic E-state index is 0.423. The Hall–Kier alpha value is -1.68. The average molecular weight is 286 g/mol. The van der Waals surface area contributed by atoms with Gasteiger partial charge in [-0.15, -0.1) is 0 Å². The van der Waals surface area contributed by atoms with Crippen molar-refractivity contribution in [1.29, 1.82) is 0 Å². The molecule has 0 aliphatic heterocycles. The topological polar surface area (TPSA) is 42.7 Å². The van der Waals surface area contributed by atoms with E-state index in [1.165, 1.54) is 11.1 Å². The second-order valence-electron chi connectivity index (χ2n) is 6.17. The molecule has 2 aromatic rings. The molecule has 21 heavy (non-hydrogen) atoms. The van der Waals surface area contributed by atoms with Gasteiger partial charge in [0.05, 0.1) is 0 Å². The number of rotatable bonds is 7. The molecule has 0 radical (unpaired) electrons. The molecule has 1 unspecified atom stereocenters. The first-order chi connectivity index (χ1) is 10.1. The number of nitrogens with one attached hydrogen (secondary N) is 1. The first kappa shape index (κ1) is 15.7. The molecule has 0 saturated carbocycles. The van der Waals surface area contributed by atoms with E-state index in [2.05, 4.69) is 60.4 Å². The van der Waals surface area contributed by atoms with E-state index in [-0.39, 0.29) is 0 Å². The van der Waals surface area contributed by atoms with E-state index in [4.69, 9.17) is 0 Å². The van der Waals surface area contributed by atoms with Crippen LogP contribution in [0.3, 0.4) is 0 Å². The van der Waals surface area contributed by atoms with Gasteiger partial charge >= 0.3 is 0 Å². The minimum Gasteiger partial charge on any atom is -0.316 e. The smallest absolute Gasteiger partial charge is 0.138 e. The summed E-state index contributed by atoms with van der Waals surface area (Å²) in [7, 11) is 1.96. The third kappa shape index (κ3) is 4.67. The number of hydrogen-bond acceptors (Lipinski definition) is 3. The second kappa shape index (κ2) is 7.36. The summed E-state index contributed by atoms with van der Waals surface area (Å²) in [6.45, 7) is 8.62. The van der Waals surface area contributed by atoms with Crippen molar-refractivity contribution < 1.29 is 0 Å². The van der Waals surface area contributed by atoms with Gasteiger partial charge in [-0.2, -0.15) is 5.10 Å². The van der Waals surface area contributed by atoms with Crippen LogP contribution < -0.4 is 5.32 Å². The third-order valence-corrected chi connectivity index (χ3v) is 3.69. The normalized spacial score (nSPS) is 12.8. The van der Waals surface area contributed by atoms with Gasteiger partial charge in [0.15, 0.2) is 0 Å². The van der Waals surface area contributed by atoms with Crippen molar-refractivity contribution in [3.05, 3.63) is 47.5 Å². The molecule has 0 amide bonds. The lowest BCUT2D eigenvalue weighted by molar-refractivity contribution is 0.504. The van der Waals surface area contributed by atoms with E-state index in [0.717, 1.165) is 25.3 Å². The van der Waals surface area contributed by atoms with E-state index in [0.29, 0.717) is 11.8 Å². The molecule has 1 atom stereocenters. The van der Waals surface area contributed by atoms with Gasteiger partial charge in [0.1, 0.15) is 12.2 Å². The fourth-order valence-electron chi connectivity index (χ4n) is 2.50. The fraction of sp³-hybridized carbons (Fsp3) is 0.529. The van der Waals surface area contributed by atoms with Crippen LogP contribution in [0.2, 0.25) is 0 Å². The van der Waals surface area contributed by atoms with Crippen LogP contribution in [0.5, 0.6) is 0 Å². The van der Waals surface area contributed by atoms with Gasteiger partial charge in [-0.25, -0.2) is 4.98 Å². The van der Waals surface area contributed by atoms with Crippen molar-refractivity contribution in [2.45, 2.75) is 33.1 Å². The molecule has 0 saturated heterocycles. The predicted molar refractivity (Wildman–Crippen MR) is 86.3 cm³/mol. The van der Waals surface area contributed by atoms with Crippen LogP contribution >= 0.6 is 0 Å². The van der Waals surface area contributed by atoms with Crippen molar-refractivity contribution in [1.82, 2.24) is 20.1 Å². The van der Waals surface area contributed by atoms with Crippen molar-refractivity contribution in [2.24, 2.45) is 13.0 Å². The highest BCUT2D eigenvalue weighted by Gasteiger charge is 2.15. The second-order valence-corrected chi connectivity index (χ2v) is 6.17. The van der Waals surface area contributed by atoms with Crippen molar-refractivity contribution >= 4 is 0 Å².